The van der Waals surface area contributed by atoms with Crippen LogP contribution in [-0.4, -0.2) is 59.5 Å². The van der Waals surface area contributed by atoms with E-state index in [4.69, 9.17) is 0 Å². The van der Waals surface area contributed by atoms with Crippen molar-refractivity contribution in [3.63, 3.8) is 0 Å². The van der Waals surface area contributed by atoms with Gasteiger partial charge in [-0.1, -0.05) is 58.0 Å². The standard InChI is InChI=1S/C26H32N4O4S/c1-18(2)17-30-25(31)23-8-6-5-7-22(23)24(27-30)26(32)28-13-15-29(16-14-28)35(33,34)21-11-9-20(10-12-21)19(3)4/h5-12,18-19H,13-17H2,1-4H3. The van der Waals surface area contributed by atoms with Gasteiger partial charge < -0.3 is 4.90 Å². The Morgan fingerprint density at radius 2 is 1.51 bits per heavy atom. The molecule has 0 saturated carbocycles. The van der Waals surface area contributed by atoms with Crippen molar-refractivity contribution in [2.75, 3.05) is 26.2 Å². The van der Waals surface area contributed by atoms with E-state index in [1.54, 1.807) is 41.3 Å². The van der Waals surface area contributed by atoms with Crippen molar-refractivity contribution in [2.24, 2.45) is 5.92 Å². The van der Waals surface area contributed by atoms with E-state index in [9.17, 15) is 18.0 Å². The van der Waals surface area contributed by atoms with E-state index in [0.29, 0.717) is 23.2 Å². The maximum Gasteiger partial charge on any atom is 0.275 e. The minimum Gasteiger partial charge on any atom is -0.335 e. The molecule has 1 aliphatic rings. The Kier molecular flexibility index (Phi) is 7.10. The van der Waals surface area contributed by atoms with E-state index in [0.717, 1.165) is 5.56 Å². The number of rotatable bonds is 6. The molecular formula is C26H32N4O4S. The van der Waals surface area contributed by atoms with Crippen molar-refractivity contribution < 1.29 is 13.2 Å². The molecule has 8 nitrogen and oxygen atoms in total. The highest BCUT2D eigenvalue weighted by molar-refractivity contribution is 7.89. The van der Waals surface area contributed by atoms with Crippen LogP contribution in [0.2, 0.25) is 0 Å². The molecule has 1 aromatic heterocycles. The summed E-state index contributed by atoms with van der Waals surface area (Å²) >= 11 is 0. The molecule has 0 aliphatic carbocycles. The van der Waals surface area contributed by atoms with E-state index < -0.39 is 10.0 Å². The van der Waals surface area contributed by atoms with Crippen molar-refractivity contribution in [1.82, 2.24) is 19.0 Å². The maximum absolute atomic E-state index is 13.5. The summed E-state index contributed by atoms with van der Waals surface area (Å²) in [5.41, 5.74) is 1.09. The number of piperazine rings is 1. The van der Waals surface area contributed by atoms with Crippen LogP contribution < -0.4 is 5.56 Å². The van der Waals surface area contributed by atoms with Crippen LogP contribution in [0.4, 0.5) is 0 Å². The van der Waals surface area contributed by atoms with Gasteiger partial charge in [-0.15, -0.1) is 0 Å². The van der Waals surface area contributed by atoms with Crippen molar-refractivity contribution in [3.05, 3.63) is 70.1 Å². The normalized spacial score (nSPS) is 15.3. The Hall–Kier alpha value is -3.04. The Morgan fingerprint density at radius 3 is 2.09 bits per heavy atom. The van der Waals surface area contributed by atoms with Gasteiger partial charge in [-0.05, 0) is 35.6 Å². The number of benzene rings is 2. The van der Waals surface area contributed by atoms with E-state index in [1.807, 2.05) is 26.0 Å². The zero-order chi connectivity index (χ0) is 25.3. The highest BCUT2D eigenvalue weighted by atomic mass is 32.2. The predicted octanol–water partition coefficient (Wildman–Crippen LogP) is 3.32. The van der Waals surface area contributed by atoms with Crippen LogP contribution in [0.15, 0.2) is 58.2 Å². The number of carbonyl (C=O) groups excluding carboxylic acids is 1. The molecule has 0 bridgehead atoms. The SMILES string of the molecule is CC(C)Cn1nc(C(=O)N2CCN(S(=O)(=O)c3ccc(C(C)C)cc3)CC2)c2ccccc2c1=O. The number of hydrogen-bond acceptors (Lipinski definition) is 5. The summed E-state index contributed by atoms with van der Waals surface area (Å²) in [6.45, 7) is 9.41. The van der Waals surface area contributed by atoms with Gasteiger partial charge in [0, 0.05) is 38.1 Å². The summed E-state index contributed by atoms with van der Waals surface area (Å²) in [7, 11) is -3.64. The topological polar surface area (TPSA) is 92.6 Å². The van der Waals surface area contributed by atoms with Gasteiger partial charge in [-0.3, -0.25) is 9.59 Å². The number of nitrogens with zero attached hydrogens (tertiary/aromatic N) is 4. The monoisotopic (exact) mass is 496 g/mol. The Labute approximate surface area is 206 Å². The lowest BCUT2D eigenvalue weighted by molar-refractivity contribution is 0.0691. The number of aromatic nitrogens is 2. The molecule has 9 heteroatoms. The van der Waals surface area contributed by atoms with Crippen LogP contribution >= 0.6 is 0 Å². The summed E-state index contributed by atoms with van der Waals surface area (Å²) in [5.74, 6) is 0.214. The van der Waals surface area contributed by atoms with Crippen molar-refractivity contribution in [3.8, 4) is 0 Å². The Balaban J connectivity index is 1.55. The summed E-state index contributed by atoms with van der Waals surface area (Å²) < 4.78 is 29.1. The van der Waals surface area contributed by atoms with Gasteiger partial charge in [0.05, 0.1) is 10.3 Å². The first-order valence-electron chi connectivity index (χ1n) is 12.0. The summed E-state index contributed by atoms with van der Waals surface area (Å²) in [6, 6.07) is 14.0. The molecule has 1 saturated heterocycles. The first kappa shape index (κ1) is 25.1. The molecule has 1 amide bonds. The third kappa shape index (κ3) is 5.01. The number of hydrogen-bond donors (Lipinski definition) is 0. The molecule has 2 heterocycles. The smallest absolute Gasteiger partial charge is 0.275 e. The quantitative estimate of drug-likeness (QED) is 0.522. The zero-order valence-corrected chi connectivity index (χ0v) is 21.5. The molecule has 186 valence electrons. The zero-order valence-electron chi connectivity index (χ0n) is 20.6. The summed E-state index contributed by atoms with van der Waals surface area (Å²) in [5, 5.41) is 5.41. The molecule has 0 atom stereocenters. The van der Waals surface area contributed by atoms with Gasteiger partial charge >= 0.3 is 0 Å². The second-order valence-electron chi connectivity index (χ2n) is 9.70. The first-order valence-corrected chi connectivity index (χ1v) is 13.4. The summed E-state index contributed by atoms with van der Waals surface area (Å²) in [6.07, 6.45) is 0. The van der Waals surface area contributed by atoms with Gasteiger partial charge in [-0.2, -0.15) is 9.40 Å². The Bertz CT molecular complexity index is 1390. The molecule has 4 rings (SSSR count). The number of sulfonamides is 1. The van der Waals surface area contributed by atoms with Crippen molar-refractivity contribution in [2.45, 2.75) is 45.1 Å². The number of amides is 1. The van der Waals surface area contributed by atoms with Gasteiger partial charge in [0.25, 0.3) is 11.5 Å². The van der Waals surface area contributed by atoms with Gasteiger partial charge in [0.2, 0.25) is 10.0 Å². The van der Waals surface area contributed by atoms with Crippen LogP contribution in [0.3, 0.4) is 0 Å². The van der Waals surface area contributed by atoms with E-state index in [2.05, 4.69) is 18.9 Å². The van der Waals surface area contributed by atoms with Gasteiger partial charge in [0.1, 0.15) is 0 Å². The maximum atomic E-state index is 13.5. The van der Waals surface area contributed by atoms with Gasteiger partial charge in [-0.25, -0.2) is 13.1 Å². The lowest BCUT2D eigenvalue weighted by Gasteiger charge is -2.34. The highest BCUT2D eigenvalue weighted by Crippen LogP contribution is 2.22. The van der Waals surface area contributed by atoms with Crippen LogP contribution in [0.25, 0.3) is 10.8 Å². The first-order chi connectivity index (χ1) is 16.6. The molecule has 0 radical (unpaired) electrons. The molecule has 0 unspecified atom stereocenters. The van der Waals surface area contributed by atoms with Crippen LogP contribution in [0.1, 0.15) is 49.7 Å². The molecular weight excluding hydrogens is 464 g/mol. The third-order valence-electron chi connectivity index (χ3n) is 6.32. The lowest BCUT2D eigenvalue weighted by atomic mass is 10.0. The summed E-state index contributed by atoms with van der Waals surface area (Å²) in [4.78, 5) is 28.2. The number of carbonyl (C=O) groups is 1. The molecule has 0 N–H and O–H groups in total. The largest absolute Gasteiger partial charge is 0.335 e. The average molecular weight is 497 g/mol. The highest BCUT2D eigenvalue weighted by Gasteiger charge is 2.32. The second-order valence-corrected chi connectivity index (χ2v) is 11.6. The molecule has 2 aromatic carbocycles. The minimum absolute atomic E-state index is 0.188. The fraction of sp³-hybridized carbons (Fsp3) is 0.423. The third-order valence-corrected chi connectivity index (χ3v) is 8.23. The predicted molar refractivity (Wildman–Crippen MR) is 136 cm³/mol. The van der Waals surface area contributed by atoms with Crippen molar-refractivity contribution in [1.29, 1.82) is 0 Å². The molecule has 0 spiro atoms. The minimum atomic E-state index is -3.64. The van der Waals surface area contributed by atoms with Crippen LogP contribution in [0.5, 0.6) is 0 Å². The van der Waals surface area contributed by atoms with E-state index in [1.165, 1.54) is 8.99 Å². The van der Waals surface area contributed by atoms with E-state index in [-0.39, 0.29) is 54.2 Å². The van der Waals surface area contributed by atoms with E-state index >= 15 is 0 Å². The van der Waals surface area contributed by atoms with Crippen LogP contribution in [0, 0.1) is 5.92 Å². The van der Waals surface area contributed by atoms with Crippen LogP contribution in [-0.2, 0) is 16.6 Å². The molecule has 3 aromatic rings. The number of fused-ring (bicyclic) bond motifs is 1. The lowest BCUT2D eigenvalue weighted by Crippen LogP contribution is -2.50. The molecule has 1 fully saturated rings. The molecule has 1 aliphatic heterocycles. The average Bonchev–Trinajstić information content (AvgIpc) is 2.85. The molecule has 35 heavy (non-hydrogen) atoms. The second kappa shape index (κ2) is 9.91. The Morgan fingerprint density at radius 1 is 0.914 bits per heavy atom. The van der Waals surface area contributed by atoms with Gasteiger partial charge in [0.15, 0.2) is 5.69 Å². The van der Waals surface area contributed by atoms with Crippen molar-refractivity contribution >= 4 is 26.7 Å². The fourth-order valence-corrected chi connectivity index (χ4v) is 5.74. The fourth-order valence-electron chi connectivity index (χ4n) is 4.32.